The van der Waals surface area contributed by atoms with E-state index in [-0.39, 0.29) is 34.7 Å². The molecule has 19 heteroatoms. The maximum atomic E-state index is 13.0. The predicted molar refractivity (Wildman–Crippen MR) is 134 cm³/mol. The minimum atomic E-state index is -1.25. The molecule has 2 aliphatic heterocycles. The van der Waals surface area contributed by atoms with Gasteiger partial charge < -0.3 is 26.7 Å². The Bertz CT molecular complexity index is 1280. The highest BCUT2D eigenvalue weighted by molar-refractivity contribution is 8.01. The molecule has 2 atom stereocenters. The maximum absolute atomic E-state index is 13.0. The molecular weight excluding hydrogens is 546 g/mol. The number of hydrogen-bond acceptors (Lipinski definition) is 15. The van der Waals surface area contributed by atoms with Crippen LogP contribution in [0.2, 0.25) is 0 Å². The average Bonchev–Trinajstić information content (AvgIpc) is 3.51. The molecule has 0 aromatic carbocycles. The molecular formula is C18H21N11O5S3. The molecule has 2 aliphatic rings. The lowest BCUT2D eigenvalue weighted by atomic mass is 10.0. The molecule has 6 N–H and O–H groups in total. The lowest BCUT2D eigenvalue weighted by molar-refractivity contribution is -0.150. The Labute approximate surface area is 221 Å². The third kappa shape index (κ3) is 5.58. The molecule has 0 radical (unpaired) electrons. The van der Waals surface area contributed by atoms with Crippen molar-refractivity contribution in [3.63, 3.8) is 0 Å². The fraction of sp³-hybridized carbons (Fsp3) is 0.389. The molecule has 16 nitrogen and oxygen atoms in total. The van der Waals surface area contributed by atoms with Crippen LogP contribution in [-0.4, -0.2) is 99.1 Å². The van der Waals surface area contributed by atoms with Crippen molar-refractivity contribution in [1.29, 1.82) is 0 Å². The summed E-state index contributed by atoms with van der Waals surface area (Å²) >= 11 is 3.43. The second-order valence-corrected chi connectivity index (χ2v) is 10.2. The number of aromatic nitrogens is 6. The number of fused-ring (bicyclic) bond motifs is 1. The Hall–Kier alpha value is -3.55. The number of carboxylic acids is 1. The van der Waals surface area contributed by atoms with Gasteiger partial charge in [0.2, 0.25) is 16.7 Å². The van der Waals surface area contributed by atoms with Crippen molar-refractivity contribution in [2.75, 3.05) is 30.4 Å². The van der Waals surface area contributed by atoms with Gasteiger partial charge in [0.1, 0.15) is 23.7 Å². The highest BCUT2D eigenvalue weighted by atomic mass is 32.2. The van der Waals surface area contributed by atoms with E-state index in [4.69, 9.17) is 16.3 Å². The van der Waals surface area contributed by atoms with Crippen LogP contribution >= 0.6 is 35.1 Å². The maximum Gasteiger partial charge on any atom is 0.352 e. The van der Waals surface area contributed by atoms with E-state index >= 15 is 0 Å². The summed E-state index contributed by atoms with van der Waals surface area (Å²) in [5, 5.41) is 27.6. The minimum Gasteiger partial charge on any atom is -0.477 e. The van der Waals surface area contributed by atoms with Crippen LogP contribution in [0.3, 0.4) is 0 Å². The fourth-order valence-corrected chi connectivity index (χ4v) is 6.21. The van der Waals surface area contributed by atoms with Gasteiger partial charge in [-0.2, -0.15) is 9.36 Å². The number of tetrazole rings is 1. The number of rotatable bonds is 12. The first-order chi connectivity index (χ1) is 17.8. The molecule has 1 saturated heterocycles. The number of nitrogens with one attached hydrogen (secondary N) is 1. The lowest BCUT2D eigenvalue weighted by Gasteiger charge is -2.49. The molecule has 4 rings (SSSR count). The second kappa shape index (κ2) is 11.7. The molecule has 0 bridgehead atoms. The number of carbonyl (C=O) groups is 3. The Morgan fingerprint density at radius 1 is 1.43 bits per heavy atom. The summed E-state index contributed by atoms with van der Waals surface area (Å²) in [6, 6.07) is -0.988. The van der Waals surface area contributed by atoms with Crippen molar-refractivity contribution >= 4 is 63.7 Å². The van der Waals surface area contributed by atoms with Gasteiger partial charge >= 0.3 is 5.97 Å². The summed E-state index contributed by atoms with van der Waals surface area (Å²) in [5.41, 5.74) is 11.3. The van der Waals surface area contributed by atoms with E-state index in [1.807, 2.05) is 0 Å². The summed E-state index contributed by atoms with van der Waals surface area (Å²) in [6.45, 7) is 4.28. The van der Waals surface area contributed by atoms with Crippen LogP contribution in [-0.2, 0) is 25.8 Å². The van der Waals surface area contributed by atoms with E-state index in [0.717, 1.165) is 11.5 Å². The number of amides is 2. The van der Waals surface area contributed by atoms with Gasteiger partial charge in [-0.15, -0.1) is 16.9 Å². The molecule has 37 heavy (non-hydrogen) atoms. The van der Waals surface area contributed by atoms with Crippen LogP contribution in [0.4, 0.5) is 5.13 Å². The van der Waals surface area contributed by atoms with E-state index in [1.165, 1.54) is 39.2 Å². The lowest BCUT2D eigenvalue weighted by Crippen LogP contribution is -2.71. The number of aliphatic carboxylic acids is 1. The number of β-lactam (4-membered cyclic amide) rings is 1. The standard InChI is InChI=1S/C18H21N11O5S3/c1-2-5-34-24-9(12-22-17(20)37-25-12)13(30)21-10-14(31)29-11(16(32)33)8(6-35-15(10)29)7-36-18-23-26-27-28(18)4-3-19/h2,10,15H,1,3-7,19H2,(H,21,30)(H,32,33)(H2,20,22,25)/t10?,15-/m1/s1. The molecule has 0 spiro atoms. The Morgan fingerprint density at radius 3 is 2.92 bits per heavy atom. The number of thioether (sulfide) groups is 2. The highest BCUT2D eigenvalue weighted by Crippen LogP contribution is 2.41. The number of nitrogens with two attached hydrogens (primary N) is 2. The van der Waals surface area contributed by atoms with Crippen LogP contribution < -0.4 is 16.8 Å². The van der Waals surface area contributed by atoms with Gasteiger partial charge in [0.15, 0.2) is 5.13 Å². The Kier molecular flexibility index (Phi) is 8.36. The fourth-order valence-electron chi connectivity index (χ4n) is 3.39. The van der Waals surface area contributed by atoms with Crippen LogP contribution in [0.25, 0.3) is 0 Å². The predicted octanol–water partition coefficient (Wildman–Crippen LogP) is -1.50. The molecule has 2 aromatic heterocycles. The minimum absolute atomic E-state index is 0.0250. The Balaban J connectivity index is 1.48. The van der Waals surface area contributed by atoms with Crippen LogP contribution in [0.15, 0.2) is 34.2 Å². The van der Waals surface area contributed by atoms with E-state index < -0.39 is 29.2 Å². The number of anilines is 1. The number of nitrogen functional groups attached to an aromatic ring is 1. The van der Waals surface area contributed by atoms with E-state index in [9.17, 15) is 19.5 Å². The summed E-state index contributed by atoms with van der Waals surface area (Å²) in [6.07, 6.45) is 1.43. The number of carboxylic acid groups (broad SMARTS) is 1. The van der Waals surface area contributed by atoms with Crippen molar-refractivity contribution in [2.45, 2.75) is 23.1 Å². The van der Waals surface area contributed by atoms with Gasteiger partial charge in [-0.25, -0.2) is 9.48 Å². The smallest absolute Gasteiger partial charge is 0.352 e. The quantitative estimate of drug-likeness (QED) is 0.0571. The first-order valence-electron chi connectivity index (χ1n) is 10.6. The highest BCUT2D eigenvalue weighted by Gasteiger charge is 2.54. The molecule has 1 unspecified atom stereocenters. The normalized spacial score (nSPS) is 19.3. The van der Waals surface area contributed by atoms with Gasteiger partial charge in [-0.1, -0.05) is 29.6 Å². The molecule has 2 aromatic rings. The number of nitrogens with zero attached hydrogens (tertiary/aromatic N) is 8. The van der Waals surface area contributed by atoms with Gasteiger partial charge in [0.05, 0.1) is 6.54 Å². The molecule has 0 saturated carbocycles. The Morgan fingerprint density at radius 2 is 2.24 bits per heavy atom. The molecule has 2 amide bonds. The molecule has 1 fully saturated rings. The number of hydrogen-bond donors (Lipinski definition) is 4. The van der Waals surface area contributed by atoms with E-state index in [2.05, 4.69) is 41.9 Å². The van der Waals surface area contributed by atoms with Gasteiger partial charge in [0, 0.05) is 29.6 Å². The van der Waals surface area contributed by atoms with Crippen LogP contribution in [0, 0.1) is 0 Å². The zero-order valence-electron chi connectivity index (χ0n) is 19.0. The zero-order chi connectivity index (χ0) is 26.5. The average molecular weight is 568 g/mol. The second-order valence-electron chi connectivity index (χ2n) is 7.36. The third-order valence-electron chi connectivity index (χ3n) is 4.97. The monoisotopic (exact) mass is 567 g/mol. The van der Waals surface area contributed by atoms with E-state index in [1.54, 1.807) is 0 Å². The van der Waals surface area contributed by atoms with Crippen LogP contribution in [0.1, 0.15) is 5.82 Å². The zero-order valence-corrected chi connectivity index (χ0v) is 21.5. The SMILES string of the molecule is C=CCON=C(C(=O)NC1C(=O)N2C(C(=O)O)=C(CSc3nnnn3CCN)CS[C@H]12)c1nsc(N)n1. The molecule has 0 aliphatic carbocycles. The van der Waals surface area contributed by atoms with Crippen molar-refractivity contribution < 1.29 is 24.3 Å². The van der Waals surface area contributed by atoms with E-state index in [0.29, 0.717) is 29.6 Å². The van der Waals surface area contributed by atoms with Gasteiger partial charge in [-0.3, -0.25) is 14.5 Å². The van der Waals surface area contributed by atoms with Gasteiger partial charge in [0.25, 0.3) is 11.8 Å². The number of carbonyl (C=O) groups excluding carboxylic acids is 2. The first-order valence-corrected chi connectivity index (χ1v) is 13.4. The summed E-state index contributed by atoms with van der Waals surface area (Å²) in [7, 11) is 0. The topological polar surface area (TPSA) is 230 Å². The van der Waals surface area contributed by atoms with Crippen LogP contribution in [0.5, 0.6) is 0 Å². The van der Waals surface area contributed by atoms with Crippen molar-refractivity contribution in [3.8, 4) is 0 Å². The largest absolute Gasteiger partial charge is 0.477 e. The molecule has 4 heterocycles. The molecule has 196 valence electrons. The van der Waals surface area contributed by atoms with Crippen molar-refractivity contribution in [3.05, 3.63) is 29.7 Å². The first kappa shape index (κ1) is 26.5. The van der Waals surface area contributed by atoms with Crippen molar-refractivity contribution in [2.24, 2.45) is 10.9 Å². The summed E-state index contributed by atoms with van der Waals surface area (Å²) < 4.78 is 5.49. The third-order valence-corrected chi connectivity index (χ3v) is 7.89. The summed E-state index contributed by atoms with van der Waals surface area (Å²) in [5.74, 6) is -2.08. The van der Waals surface area contributed by atoms with Gasteiger partial charge in [-0.05, 0) is 16.0 Å². The summed E-state index contributed by atoms with van der Waals surface area (Å²) in [4.78, 5) is 48.2. The number of oxime groups is 1. The van der Waals surface area contributed by atoms with Crippen molar-refractivity contribution in [1.82, 2.24) is 39.8 Å².